The highest BCUT2D eigenvalue weighted by Gasteiger charge is 2.27. The van der Waals surface area contributed by atoms with Crippen molar-refractivity contribution in [1.29, 1.82) is 0 Å². The van der Waals surface area contributed by atoms with E-state index in [0.29, 0.717) is 12.0 Å². The fourth-order valence-corrected chi connectivity index (χ4v) is 2.75. The van der Waals surface area contributed by atoms with Gasteiger partial charge in [0.05, 0.1) is 5.37 Å². The van der Waals surface area contributed by atoms with E-state index in [0.717, 1.165) is 19.4 Å². The highest BCUT2D eigenvalue weighted by Crippen LogP contribution is 2.29. The minimum absolute atomic E-state index is 0.115. The Morgan fingerprint density at radius 3 is 2.62 bits per heavy atom. The first-order chi connectivity index (χ1) is 7.54. The summed E-state index contributed by atoms with van der Waals surface area (Å²) in [5.74, 6) is 0.368. The monoisotopic (exact) mass is 280 g/mol. The van der Waals surface area contributed by atoms with Crippen LogP contribution in [0.3, 0.4) is 0 Å². The second-order valence-electron chi connectivity index (χ2n) is 4.25. The number of hydrogen-bond donors (Lipinski definition) is 4. The lowest BCUT2D eigenvalue weighted by Crippen LogP contribution is -2.34. The molecule has 1 rings (SSSR count). The molecule has 1 saturated carbocycles. The Morgan fingerprint density at radius 1 is 1.56 bits per heavy atom. The van der Waals surface area contributed by atoms with Crippen LogP contribution < -0.4 is 5.32 Å². The molecule has 0 aliphatic heterocycles. The molecular weight excluding hydrogens is 260 g/mol. The molecule has 0 aromatic carbocycles. The van der Waals surface area contributed by atoms with Gasteiger partial charge in [-0.1, -0.05) is 38.8 Å². The van der Waals surface area contributed by atoms with Crippen LogP contribution >= 0.6 is 38.1 Å². The molecule has 0 spiro atoms. The molecule has 2 atom stereocenters. The van der Waals surface area contributed by atoms with Crippen molar-refractivity contribution in [3.05, 3.63) is 0 Å². The lowest BCUT2D eigenvalue weighted by molar-refractivity contribution is 0.256. The summed E-state index contributed by atoms with van der Waals surface area (Å²) in [4.78, 5) is 10.8. The van der Waals surface area contributed by atoms with Gasteiger partial charge in [-0.05, 0) is 25.2 Å². The third kappa shape index (κ3) is 5.21. The summed E-state index contributed by atoms with van der Waals surface area (Å²) in [6.45, 7) is 3.06. The average molecular weight is 280 g/mol. The van der Waals surface area contributed by atoms with Crippen LogP contribution in [-0.4, -0.2) is 27.5 Å². The second kappa shape index (κ2) is 7.03. The predicted octanol–water partition coefficient (Wildman–Crippen LogP) is 2.61. The van der Waals surface area contributed by atoms with Crippen LogP contribution in [0.5, 0.6) is 0 Å². The van der Waals surface area contributed by atoms with Gasteiger partial charge in [-0.15, -0.1) is 0 Å². The average Bonchev–Trinajstić information content (AvgIpc) is 3.00. The van der Waals surface area contributed by atoms with Crippen molar-refractivity contribution in [2.45, 2.75) is 44.0 Å². The lowest BCUT2D eigenvalue weighted by atomic mass is 10.0. The normalized spacial score (nSPS) is 19.6. The van der Waals surface area contributed by atoms with Gasteiger partial charge in [-0.3, -0.25) is 9.10 Å². The molecule has 0 radical (unpaired) electrons. The van der Waals surface area contributed by atoms with Gasteiger partial charge in [0.2, 0.25) is 0 Å². The summed E-state index contributed by atoms with van der Waals surface area (Å²) in [6, 6.07) is 0.665. The molecule has 2 unspecified atom stereocenters. The zero-order chi connectivity index (χ0) is 12.1. The Kier molecular flexibility index (Phi) is 6.39. The number of rotatable bonds is 7. The van der Waals surface area contributed by atoms with Gasteiger partial charge in [0.15, 0.2) is 0 Å². The first-order valence-corrected chi connectivity index (χ1v) is 7.04. The Hall–Kier alpha value is 0.480. The number of nitrogens with one attached hydrogen (secondary N) is 1. The molecule has 1 fully saturated rings. The predicted molar refractivity (Wildman–Crippen MR) is 77.4 cm³/mol. The van der Waals surface area contributed by atoms with Crippen molar-refractivity contribution in [2.75, 3.05) is 6.54 Å². The molecule has 1 aliphatic carbocycles. The number of carbonyl (C=O) groups excluding carboxylic acids is 1. The van der Waals surface area contributed by atoms with Gasteiger partial charge in [0.25, 0.3) is 5.24 Å². The quantitative estimate of drug-likeness (QED) is 0.427. The fourth-order valence-electron chi connectivity index (χ4n) is 1.68. The molecule has 6 heteroatoms. The highest BCUT2D eigenvalue weighted by molar-refractivity contribution is 7.96. The van der Waals surface area contributed by atoms with Crippen molar-refractivity contribution in [3.8, 4) is 0 Å². The van der Waals surface area contributed by atoms with Crippen molar-refractivity contribution in [1.82, 2.24) is 9.62 Å². The summed E-state index contributed by atoms with van der Waals surface area (Å²) in [7, 11) is 0. The highest BCUT2D eigenvalue weighted by atomic mass is 32.1. The molecule has 0 heterocycles. The Bertz CT molecular complexity index is 236. The first kappa shape index (κ1) is 14.5. The standard InChI is InChI=1S/C10H20N2OS3/c1-2-7(9(14)11-10(13)15)5-6-12(16)8-3-4-8/h7-9,14,16H,2-6H2,1H3,(H2,11,13,15). The molecular formula is C10H20N2OS3. The minimum atomic E-state index is -0.316. The maximum Gasteiger partial charge on any atom is 0.276 e. The van der Waals surface area contributed by atoms with Crippen molar-refractivity contribution >= 4 is 43.3 Å². The van der Waals surface area contributed by atoms with E-state index in [2.05, 4.69) is 54.6 Å². The molecule has 0 aromatic heterocycles. The molecule has 3 nitrogen and oxygen atoms in total. The van der Waals surface area contributed by atoms with Crippen LogP contribution in [-0.2, 0) is 0 Å². The second-order valence-corrected chi connectivity index (χ2v) is 5.72. The van der Waals surface area contributed by atoms with Crippen LogP contribution in [0.4, 0.5) is 4.79 Å². The summed E-state index contributed by atoms with van der Waals surface area (Å²) in [6.07, 6.45) is 4.52. The summed E-state index contributed by atoms with van der Waals surface area (Å²) < 4.78 is 2.10. The molecule has 1 amide bonds. The largest absolute Gasteiger partial charge is 0.335 e. The SMILES string of the molecule is CCC(CCN(S)C1CC1)C(S)NC(=O)S. The van der Waals surface area contributed by atoms with Crippen molar-refractivity contribution < 1.29 is 4.79 Å². The van der Waals surface area contributed by atoms with E-state index < -0.39 is 0 Å². The number of carbonyl (C=O) groups is 1. The molecule has 1 aliphatic rings. The molecule has 94 valence electrons. The van der Waals surface area contributed by atoms with Gasteiger partial charge in [0, 0.05) is 12.6 Å². The van der Waals surface area contributed by atoms with Crippen LogP contribution in [0.15, 0.2) is 0 Å². The van der Waals surface area contributed by atoms with Crippen molar-refractivity contribution in [2.24, 2.45) is 5.92 Å². The van der Waals surface area contributed by atoms with Crippen LogP contribution in [0.25, 0.3) is 0 Å². The first-order valence-electron chi connectivity index (χ1n) is 5.67. The zero-order valence-corrected chi connectivity index (χ0v) is 12.1. The van der Waals surface area contributed by atoms with Crippen LogP contribution in [0, 0.1) is 5.92 Å². The van der Waals surface area contributed by atoms with Gasteiger partial charge in [0.1, 0.15) is 0 Å². The minimum Gasteiger partial charge on any atom is -0.335 e. The number of thiol groups is 3. The maximum absolute atomic E-state index is 10.8. The van der Waals surface area contributed by atoms with E-state index in [1.54, 1.807) is 0 Å². The van der Waals surface area contributed by atoms with E-state index in [4.69, 9.17) is 0 Å². The number of hydrogen-bond acceptors (Lipinski definition) is 4. The van der Waals surface area contributed by atoms with Gasteiger partial charge in [-0.2, -0.15) is 12.6 Å². The molecule has 0 bridgehead atoms. The zero-order valence-electron chi connectivity index (χ0n) is 9.46. The van der Waals surface area contributed by atoms with Gasteiger partial charge in [-0.25, -0.2) is 0 Å². The molecule has 0 aromatic rings. The van der Waals surface area contributed by atoms with E-state index in [1.165, 1.54) is 12.8 Å². The maximum atomic E-state index is 10.8. The van der Waals surface area contributed by atoms with Crippen LogP contribution in [0.1, 0.15) is 32.6 Å². The third-order valence-corrected chi connectivity index (χ3v) is 4.15. The third-order valence-electron chi connectivity index (χ3n) is 2.94. The summed E-state index contributed by atoms with van der Waals surface area (Å²) in [5, 5.41) is 2.28. The van der Waals surface area contributed by atoms with Crippen LogP contribution in [0.2, 0.25) is 0 Å². The Morgan fingerprint density at radius 2 is 2.19 bits per heavy atom. The van der Waals surface area contributed by atoms with Crippen molar-refractivity contribution in [3.63, 3.8) is 0 Å². The topological polar surface area (TPSA) is 32.3 Å². The van der Waals surface area contributed by atoms with E-state index >= 15 is 0 Å². The Labute approximate surface area is 114 Å². The smallest absolute Gasteiger partial charge is 0.276 e. The summed E-state index contributed by atoms with van der Waals surface area (Å²) >= 11 is 12.5. The fraction of sp³-hybridized carbons (Fsp3) is 0.900. The Balaban J connectivity index is 2.26. The van der Waals surface area contributed by atoms with Gasteiger partial charge >= 0.3 is 0 Å². The molecule has 0 saturated heterocycles. The number of amides is 1. The van der Waals surface area contributed by atoms with Gasteiger partial charge < -0.3 is 5.32 Å². The molecule has 16 heavy (non-hydrogen) atoms. The van der Waals surface area contributed by atoms with E-state index in [1.807, 2.05) is 0 Å². The molecule has 1 N–H and O–H groups in total. The van der Waals surface area contributed by atoms with E-state index in [9.17, 15) is 4.79 Å². The summed E-state index contributed by atoms with van der Waals surface area (Å²) in [5.41, 5.74) is 0. The number of nitrogens with zero attached hydrogens (tertiary/aromatic N) is 1. The van der Waals surface area contributed by atoms with E-state index in [-0.39, 0.29) is 10.6 Å². The lowest BCUT2D eigenvalue weighted by Gasteiger charge is -2.24.